The number of hydrogen-bond acceptors (Lipinski definition) is 5. The van der Waals surface area contributed by atoms with E-state index in [1.54, 1.807) is 66.7 Å². The van der Waals surface area contributed by atoms with Crippen LogP contribution < -0.4 is 19.7 Å². The fraction of sp³-hybridized carbons (Fsp3) is 0.0571. The zero-order chi connectivity index (χ0) is 32.4. The number of urea groups is 1. The lowest BCUT2D eigenvalue weighted by Crippen LogP contribution is -2.54. The summed E-state index contributed by atoms with van der Waals surface area (Å²) in [5.41, 5.74) is 1.92. The van der Waals surface area contributed by atoms with Crippen LogP contribution in [0.5, 0.6) is 11.5 Å². The minimum atomic E-state index is -0.875. The largest absolute Gasteiger partial charge is 0.489 e. The molecule has 7 nitrogen and oxygen atoms in total. The number of nitrogens with one attached hydrogen (secondary N) is 1. The van der Waals surface area contributed by atoms with Crippen molar-refractivity contribution in [1.29, 1.82) is 0 Å². The Kier molecular flexibility index (Phi) is 9.20. The molecule has 1 saturated heterocycles. The van der Waals surface area contributed by atoms with E-state index in [0.717, 1.165) is 21.2 Å². The lowest BCUT2D eigenvalue weighted by Gasteiger charge is -2.26. The molecule has 4 amide bonds. The molecule has 0 spiro atoms. The molecule has 5 aromatic rings. The second-order valence-electron chi connectivity index (χ2n) is 10.2. The molecule has 0 bridgehead atoms. The van der Waals surface area contributed by atoms with Gasteiger partial charge in [-0.25, -0.2) is 9.69 Å². The van der Waals surface area contributed by atoms with Gasteiger partial charge in [0.2, 0.25) is 0 Å². The highest BCUT2D eigenvalue weighted by Crippen LogP contribution is 2.33. The van der Waals surface area contributed by atoms with Crippen LogP contribution in [-0.2, 0) is 22.8 Å². The molecule has 1 heterocycles. The lowest BCUT2D eigenvalue weighted by atomic mass is 9.99. The number of fused-ring (bicyclic) bond motifs is 1. The first-order chi connectivity index (χ1) is 22.2. The van der Waals surface area contributed by atoms with Gasteiger partial charge in [0, 0.05) is 36.8 Å². The lowest BCUT2D eigenvalue weighted by molar-refractivity contribution is -0.122. The smallest absolute Gasteiger partial charge is 0.335 e. The number of halogens is 4. The van der Waals surface area contributed by atoms with Crippen LogP contribution in [-0.4, -0.2) is 17.8 Å². The Morgan fingerprint density at radius 1 is 0.696 bits per heavy atom. The number of barbiturate groups is 1. The molecule has 0 unspecified atom stereocenters. The van der Waals surface area contributed by atoms with Crippen LogP contribution in [0.2, 0.25) is 20.1 Å². The quantitative estimate of drug-likeness (QED) is 0.130. The number of carbonyl (C=O) groups excluding carboxylic acids is 3. The Morgan fingerprint density at radius 3 is 1.98 bits per heavy atom. The van der Waals surface area contributed by atoms with Gasteiger partial charge in [-0.05, 0) is 71.4 Å². The number of rotatable bonds is 8. The molecule has 11 heteroatoms. The first-order valence-corrected chi connectivity index (χ1v) is 15.4. The maximum absolute atomic E-state index is 13.8. The van der Waals surface area contributed by atoms with E-state index in [2.05, 4.69) is 5.32 Å². The van der Waals surface area contributed by atoms with Gasteiger partial charge < -0.3 is 9.47 Å². The molecular formula is C35H22Cl4N2O5. The van der Waals surface area contributed by atoms with Crippen molar-refractivity contribution >= 4 is 86.8 Å². The van der Waals surface area contributed by atoms with E-state index in [-0.39, 0.29) is 24.5 Å². The molecule has 1 aliphatic rings. The van der Waals surface area contributed by atoms with Gasteiger partial charge in [-0.15, -0.1) is 0 Å². The number of benzene rings is 5. The molecule has 1 N–H and O–H groups in total. The molecule has 0 saturated carbocycles. The van der Waals surface area contributed by atoms with Crippen molar-refractivity contribution in [3.8, 4) is 11.5 Å². The van der Waals surface area contributed by atoms with E-state index in [1.807, 2.05) is 30.3 Å². The van der Waals surface area contributed by atoms with Crippen molar-refractivity contribution in [2.24, 2.45) is 0 Å². The SMILES string of the molecule is O=C1NC(=O)N(c2ccc(OCc3ccc(Cl)cc3Cl)cc2)C(=O)/C1=C/c1c(OCc2ccc(Cl)cc2Cl)ccc2ccccc12. The molecule has 230 valence electrons. The Hall–Kier alpha value is -4.53. The molecule has 1 aliphatic heterocycles. The zero-order valence-electron chi connectivity index (χ0n) is 23.7. The average molecular weight is 692 g/mol. The van der Waals surface area contributed by atoms with Crippen LogP contribution in [0.15, 0.2) is 103 Å². The fourth-order valence-electron chi connectivity index (χ4n) is 4.87. The standard InChI is InChI=1S/C35H22Cl4N2O5/c36-23-8-5-21(30(38)15-23)18-45-26-12-10-25(11-13-26)41-34(43)29(33(42)40-35(41)44)17-28-27-4-2-1-3-20(27)7-14-32(28)46-19-22-6-9-24(37)16-31(22)39/h1-17H,18-19H2,(H,40,42,44)/b29-17+. The van der Waals surface area contributed by atoms with Crippen LogP contribution >= 0.6 is 46.4 Å². The van der Waals surface area contributed by atoms with Crippen molar-refractivity contribution in [3.05, 3.63) is 139 Å². The Morgan fingerprint density at radius 2 is 1.33 bits per heavy atom. The van der Waals surface area contributed by atoms with Crippen molar-refractivity contribution in [2.75, 3.05) is 4.90 Å². The van der Waals surface area contributed by atoms with Crippen molar-refractivity contribution in [2.45, 2.75) is 13.2 Å². The molecular weight excluding hydrogens is 670 g/mol. The summed E-state index contributed by atoms with van der Waals surface area (Å²) in [6, 6.07) is 26.7. The van der Waals surface area contributed by atoms with Gasteiger partial charge in [-0.2, -0.15) is 0 Å². The molecule has 6 rings (SSSR count). The topological polar surface area (TPSA) is 84.9 Å². The van der Waals surface area contributed by atoms with Crippen molar-refractivity contribution in [3.63, 3.8) is 0 Å². The van der Waals surface area contributed by atoms with Gasteiger partial charge in [0.1, 0.15) is 30.3 Å². The molecule has 5 aromatic carbocycles. The summed E-state index contributed by atoms with van der Waals surface area (Å²) < 4.78 is 12.0. The summed E-state index contributed by atoms with van der Waals surface area (Å²) in [6.07, 6.45) is 1.44. The third-order valence-corrected chi connectivity index (χ3v) is 8.40. The number of ether oxygens (including phenoxy) is 2. The summed E-state index contributed by atoms with van der Waals surface area (Å²) >= 11 is 24.6. The van der Waals surface area contributed by atoms with Gasteiger partial charge in [0.25, 0.3) is 11.8 Å². The summed E-state index contributed by atoms with van der Waals surface area (Å²) in [6.45, 7) is 0.285. The normalized spacial score (nSPS) is 14.1. The van der Waals surface area contributed by atoms with Gasteiger partial charge in [0.15, 0.2) is 0 Å². The van der Waals surface area contributed by atoms with Crippen molar-refractivity contribution in [1.82, 2.24) is 5.32 Å². The first-order valence-electron chi connectivity index (χ1n) is 13.8. The molecule has 46 heavy (non-hydrogen) atoms. The van der Waals surface area contributed by atoms with E-state index in [0.29, 0.717) is 42.7 Å². The number of nitrogens with zero attached hydrogens (tertiary/aromatic N) is 1. The third-order valence-electron chi connectivity index (χ3n) is 7.22. The monoisotopic (exact) mass is 690 g/mol. The molecule has 0 aromatic heterocycles. The van der Waals surface area contributed by atoms with Crippen LogP contribution in [0.4, 0.5) is 10.5 Å². The molecule has 0 aliphatic carbocycles. The number of anilines is 1. The Balaban J connectivity index is 1.29. The highest BCUT2D eigenvalue weighted by Gasteiger charge is 2.37. The minimum absolute atomic E-state index is 0.105. The van der Waals surface area contributed by atoms with Crippen LogP contribution in [0, 0.1) is 0 Å². The first kappa shape index (κ1) is 31.5. The van der Waals surface area contributed by atoms with Gasteiger partial charge in [-0.1, -0.05) is 88.9 Å². The second kappa shape index (κ2) is 13.4. The van der Waals surface area contributed by atoms with E-state index in [9.17, 15) is 14.4 Å². The highest BCUT2D eigenvalue weighted by molar-refractivity contribution is 6.39. The zero-order valence-corrected chi connectivity index (χ0v) is 26.8. The minimum Gasteiger partial charge on any atom is -0.489 e. The predicted molar refractivity (Wildman–Crippen MR) is 181 cm³/mol. The highest BCUT2D eigenvalue weighted by atomic mass is 35.5. The third kappa shape index (κ3) is 6.69. The average Bonchev–Trinajstić information content (AvgIpc) is 3.03. The van der Waals surface area contributed by atoms with Crippen LogP contribution in [0.1, 0.15) is 16.7 Å². The van der Waals surface area contributed by atoms with E-state index in [4.69, 9.17) is 55.9 Å². The Bertz CT molecular complexity index is 2050. The van der Waals surface area contributed by atoms with Crippen LogP contribution in [0.25, 0.3) is 16.8 Å². The molecule has 0 radical (unpaired) electrons. The predicted octanol–water partition coefficient (Wildman–Crippen LogP) is 9.28. The Labute approximate surface area is 283 Å². The van der Waals surface area contributed by atoms with Crippen molar-refractivity contribution < 1.29 is 23.9 Å². The van der Waals surface area contributed by atoms with E-state index < -0.39 is 17.8 Å². The summed E-state index contributed by atoms with van der Waals surface area (Å²) in [5, 5.41) is 5.79. The molecule has 1 fully saturated rings. The van der Waals surface area contributed by atoms with E-state index >= 15 is 0 Å². The maximum atomic E-state index is 13.8. The number of carbonyl (C=O) groups is 3. The fourth-order valence-corrected chi connectivity index (χ4v) is 5.80. The second-order valence-corrected chi connectivity index (χ2v) is 11.9. The summed E-state index contributed by atoms with van der Waals surface area (Å²) in [5.74, 6) is -0.742. The number of hydrogen-bond donors (Lipinski definition) is 1. The number of amides is 4. The van der Waals surface area contributed by atoms with Gasteiger partial charge in [-0.3, -0.25) is 14.9 Å². The summed E-state index contributed by atoms with van der Waals surface area (Å²) in [7, 11) is 0. The van der Waals surface area contributed by atoms with Gasteiger partial charge in [0.05, 0.1) is 5.69 Å². The maximum Gasteiger partial charge on any atom is 0.335 e. The van der Waals surface area contributed by atoms with E-state index in [1.165, 1.54) is 6.08 Å². The van der Waals surface area contributed by atoms with Gasteiger partial charge >= 0.3 is 6.03 Å². The summed E-state index contributed by atoms with van der Waals surface area (Å²) in [4.78, 5) is 40.6. The molecule has 0 atom stereocenters. The number of imide groups is 2. The van der Waals surface area contributed by atoms with Crippen LogP contribution in [0.3, 0.4) is 0 Å².